The summed E-state index contributed by atoms with van der Waals surface area (Å²) in [4.78, 5) is 12.5. The molecule has 2 aromatic rings. The molecule has 0 radical (unpaired) electrons. The molecule has 1 N–H and O–H groups in total. The van der Waals surface area contributed by atoms with Crippen LogP contribution in [-0.2, 0) is 16.4 Å². The molecular formula is C19H20F2N2O3S. The van der Waals surface area contributed by atoms with Crippen LogP contribution >= 0.6 is 0 Å². The van der Waals surface area contributed by atoms with E-state index in [-0.39, 0.29) is 11.9 Å². The number of hydrogen-bond acceptors (Lipinski definition) is 3. The Morgan fingerprint density at radius 2 is 1.89 bits per heavy atom. The predicted molar refractivity (Wildman–Crippen MR) is 99.2 cm³/mol. The van der Waals surface area contributed by atoms with Crippen LogP contribution in [0.25, 0.3) is 0 Å². The average molecular weight is 394 g/mol. The standard InChI is InChI=1S/C19H20F2N2O3S/c1-11-8-15-9-14(5-7-18(15)23(11)27(3,25)26)19(24)22-12(2)13-4-6-16(20)17(21)10-13/h4-7,9-12H,8H2,1-3H3,(H,22,24)/t11-,12+/m1/s1. The van der Waals surface area contributed by atoms with Crippen LogP contribution in [0.2, 0.25) is 0 Å². The number of nitrogens with one attached hydrogen (secondary N) is 1. The Morgan fingerprint density at radius 1 is 1.19 bits per heavy atom. The van der Waals surface area contributed by atoms with Gasteiger partial charge in [0, 0.05) is 11.6 Å². The number of sulfonamides is 1. The minimum Gasteiger partial charge on any atom is -0.346 e. The van der Waals surface area contributed by atoms with Gasteiger partial charge in [-0.15, -0.1) is 0 Å². The van der Waals surface area contributed by atoms with Gasteiger partial charge in [0.25, 0.3) is 5.91 Å². The fourth-order valence-electron chi connectivity index (χ4n) is 3.39. The second kappa shape index (κ2) is 6.92. The van der Waals surface area contributed by atoms with E-state index >= 15 is 0 Å². The number of amides is 1. The molecule has 0 bridgehead atoms. The lowest BCUT2D eigenvalue weighted by Gasteiger charge is -2.22. The molecule has 0 aromatic heterocycles. The van der Waals surface area contributed by atoms with E-state index < -0.39 is 27.7 Å². The normalized spacial score (nSPS) is 17.5. The Balaban J connectivity index is 1.81. The van der Waals surface area contributed by atoms with Gasteiger partial charge in [0.05, 0.1) is 18.0 Å². The summed E-state index contributed by atoms with van der Waals surface area (Å²) in [5.41, 5.74) is 2.18. The van der Waals surface area contributed by atoms with Crippen molar-refractivity contribution < 1.29 is 22.0 Å². The van der Waals surface area contributed by atoms with Gasteiger partial charge in [-0.2, -0.15) is 0 Å². The molecule has 3 rings (SSSR count). The van der Waals surface area contributed by atoms with Gasteiger partial charge in [-0.1, -0.05) is 6.07 Å². The van der Waals surface area contributed by atoms with Crippen LogP contribution in [0.4, 0.5) is 14.5 Å². The highest BCUT2D eigenvalue weighted by Crippen LogP contribution is 2.34. The van der Waals surface area contributed by atoms with E-state index in [0.29, 0.717) is 23.2 Å². The number of fused-ring (bicyclic) bond motifs is 1. The van der Waals surface area contributed by atoms with Crippen LogP contribution < -0.4 is 9.62 Å². The highest BCUT2D eigenvalue weighted by molar-refractivity contribution is 7.92. The summed E-state index contributed by atoms with van der Waals surface area (Å²) < 4.78 is 51.7. The minimum atomic E-state index is -3.39. The van der Waals surface area contributed by atoms with Gasteiger partial charge in [0.2, 0.25) is 10.0 Å². The van der Waals surface area contributed by atoms with Crippen molar-refractivity contribution >= 4 is 21.6 Å². The van der Waals surface area contributed by atoms with Gasteiger partial charge >= 0.3 is 0 Å². The Morgan fingerprint density at radius 3 is 2.52 bits per heavy atom. The van der Waals surface area contributed by atoms with Crippen molar-refractivity contribution in [3.05, 3.63) is 64.7 Å². The second-order valence-electron chi connectivity index (χ2n) is 6.82. The van der Waals surface area contributed by atoms with Crippen molar-refractivity contribution in [3.8, 4) is 0 Å². The maximum atomic E-state index is 13.4. The first-order valence-corrected chi connectivity index (χ1v) is 10.3. The molecule has 27 heavy (non-hydrogen) atoms. The smallest absolute Gasteiger partial charge is 0.251 e. The molecule has 2 aromatic carbocycles. The summed E-state index contributed by atoms with van der Waals surface area (Å²) in [6.45, 7) is 3.48. The summed E-state index contributed by atoms with van der Waals surface area (Å²) in [6.07, 6.45) is 1.67. The van der Waals surface area contributed by atoms with Crippen molar-refractivity contribution in [2.75, 3.05) is 10.6 Å². The zero-order chi connectivity index (χ0) is 19.9. The van der Waals surface area contributed by atoms with Crippen molar-refractivity contribution in [1.82, 2.24) is 5.32 Å². The first-order chi connectivity index (χ1) is 12.6. The third-order valence-corrected chi connectivity index (χ3v) is 5.91. The molecule has 0 saturated carbocycles. The summed E-state index contributed by atoms with van der Waals surface area (Å²) in [7, 11) is -3.39. The maximum Gasteiger partial charge on any atom is 0.251 e. The number of carbonyl (C=O) groups is 1. The topological polar surface area (TPSA) is 66.5 Å². The fraction of sp³-hybridized carbons (Fsp3) is 0.316. The van der Waals surface area contributed by atoms with Crippen LogP contribution in [0.3, 0.4) is 0 Å². The van der Waals surface area contributed by atoms with Gasteiger partial charge in [-0.3, -0.25) is 9.10 Å². The van der Waals surface area contributed by atoms with Crippen LogP contribution in [0.1, 0.15) is 41.4 Å². The fourth-order valence-corrected chi connectivity index (χ4v) is 4.66. The highest BCUT2D eigenvalue weighted by atomic mass is 32.2. The summed E-state index contributed by atoms with van der Waals surface area (Å²) in [5.74, 6) is -2.29. The Kier molecular flexibility index (Phi) is 4.94. The van der Waals surface area contributed by atoms with Crippen molar-refractivity contribution in [2.24, 2.45) is 0 Å². The molecule has 1 heterocycles. The van der Waals surface area contributed by atoms with E-state index in [1.807, 2.05) is 6.92 Å². The molecule has 2 atom stereocenters. The number of anilines is 1. The largest absolute Gasteiger partial charge is 0.346 e. The van der Waals surface area contributed by atoms with Gasteiger partial charge in [-0.25, -0.2) is 17.2 Å². The molecule has 5 nitrogen and oxygen atoms in total. The molecule has 0 aliphatic carbocycles. The number of carbonyl (C=O) groups excluding carboxylic acids is 1. The lowest BCUT2D eigenvalue weighted by molar-refractivity contribution is 0.0939. The predicted octanol–water partition coefficient (Wildman–Crippen LogP) is 3.17. The third kappa shape index (κ3) is 3.80. The van der Waals surface area contributed by atoms with Crippen LogP contribution in [0.15, 0.2) is 36.4 Å². The number of benzene rings is 2. The van der Waals surface area contributed by atoms with Gasteiger partial charge < -0.3 is 5.32 Å². The number of rotatable bonds is 4. The molecule has 0 saturated heterocycles. The molecule has 1 aliphatic rings. The molecule has 8 heteroatoms. The second-order valence-corrected chi connectivity index (χ2v) is 8.68. The molecule has 0 spiro atoms. The van der Waals surface area contributed by atoms with Gasteiger partial charge in [-0.05, 0) is 61.7 Å². The van der Waals surface area contributed by atoms with E-state index in [0.717, 1.165) is 24.0 Å². The van der Waals surface area contributed by atoms with Crippen molar-refractivity contribution in [3.63, 3.8) is 0 Å². The van der Waals surface area contributed by atoms with Crippen molar-refractivity contribution in [2.45, 2.75) is 32.4 Å². The Labute approximate surface area is 157 Å². The van der Waals surface area contributed by atoms with Crippen LogP contribution in [-0.4, -0.2) is 26.6 Å². The molecular weight excluding hydrogens is 374 g/mol. The monoisotopic (exact) mass is 394 g/mol. The average Bonchev–Trinajstić information content (AvgIpc) is 2.92. The Hall–Kier alpha value is -2.48. The van der Waals surface area contributed by atoms with Crippen LogP contribution in [0, 0.1) is 11.6 Å². The quantitative estimate of drug-likeness (QED) is 0.866. The lowest BCUT2D eigenvalue weighted by Crippen LogP contribution is -2.34. The molecule has 1 aliphatic heterocycles. The molecule has 0 fully saturated rings. The molecule has 0 unspecified atom stereocenters. The summed E-state index contributed by atoms with van der Waals surface area (Å²) in [5, 5.41) is 2.74. The SMILES string of the molecule is C[C@H](NC(=O)c1ccc2c(c1)C[C@@H](C)N2S(C)(=O)=O)c1ccc(F)c(F)c1. The van der Waals surface area contributed by atoms with E-state index in [1.54, 1.807) is 25.1 Å². The summed E-state index contributed by atoms with van der Waals surface area (Å²) >= 11 is 0. The maximum absolute atomic E-state index is 13.4. The highest BCUT2D eigenvalue weighted by Gasteiger charge is 2.32. The van der Waals surface area contributed by atoms with E-state index in [2.05, 4.69) is 5.32 Å². The number of nitrogens with zero attached hydrogens (tertiary/aromatic N) is 1. The van der Waals surface area contributed by atoms with Crippen LogP contribution in [0.5, 0.6) is 0 Å². The van der Waals surface area contributed by atoms with E-state index in [9.17, 15) is 22.0 Å². The first kappa shape index (κ1) is 19.3. The third-order valence-electron chi connectivity index (χ3n) is 4.64. The van der Waals surface area contributed by atoms with Gasteiger partial charge in [0.1, 0.15) is 0 Å². The number of hydrogen-bond donors (Lipinski definition) is 1. The minimum absolute atomic E-state index is 0.213. The van der Waals surface area contributed by atoms with E-state index in [4.69, 9.17) is 0 Å². The van der Waals surface area contributed by atoms with Crippen molar-refractivity contribution in [1.29, 1.82) is 0 Å². The molecule has 1 amide bonds. The molecule has 144 valence electrons. The zero-order valence-corrected chi connectivity index (χ0v) is 16.0. The number of halogens is 2. The summed E-state index contributed by atoms with van der Waals surface area (Å²) in [6, 6.07) is 7.60. The lowest BCUT2D eigenvalue weighted by atomic mass is 10.0. The van der Waals surface area contributed by atoms with Gasteiger partial charge in [0.15, 0.2) is 11.6 Å². The Bertz CT molecular complexity index is 1010. The van der Waals surface area contributed by atoms with E-state index in [1.165, 1.54) is 10.4 Å². The zero-order valence-electron chi connectivity index (χ0n) is 15.2. The first-order valence-electron chi connectivity index (χ1n) is 8.46.